The summed E-state index contributed by atoms with van der Waals surface area (Å²) >= 11 is 0. The topological polar surface area (TPSA) is 66.6 Å². The van der Waals surface area contributed by atoms with E-state index in [-0.39, 0.29) is 0 Å². The molecule has 1 aromatic rings. The summed E-state index contributed by atoms with van der Waals surface area (Å²) in [6.45, 7) is 2.94. The number of nitrogens with two attached hydrogens (primary N) is 1. The van der Waals surface area contributed by atoms with Crippen molar-refractivity contribution in [3.8, 4) is 0 Å². The van der Waals surface area contributed by atoms with Gasteiger partial charge in [-0.15, -0.1) is 0 Å². The van der Waals surface area contributed by atoms with Gasteiger partial charge in [0.2, 0.25) is 5.91 Å². The van der Waals surface area contributed by atoms with Crippen LogP contribution in [0.2, 0.25) is 0 Å². The molecule has 106 valence electrons. The van der Waals surface area contributed by atoms with Gasteiger partial charge in [-0.05, 0) is 49.5 Å². The fraction of sp³-hybridized carbons (Fsp3) is 0.438. The molecule has 3 saturated heterocycles. The average Bonchev–Trinajstić information content (AvgIpc) is 2.47. The summed E-state index contributed by atoms with van der Waals surface area (Å²) in [6, 6.07) is 7.12. The Labute approximate surface area is 118 Å². The highest BCUT2D eigenvalue weighted by Gasteiger charge is 2.43. The second kappa shape index (κ2) is 5.04. The van der Waals surface area contributed by atoms with Crippen molar-refractivity contribution in [3.05, 3.63) is 41.5 Å². The molecule has 1 aromatic carbocycles. The Morgan fingerprint density at radius 2 is 1.95 bits per heavy atom. The van der Waals surface area contributed by atoms with E-state index in [1.807, 2.05) is 24.3 Å². The number of aliphatic hydroxyl groups is 1. The summed E-state index contributed by atoms with van der Waals surface area (Å²) < 4.78 is 0. The maximum Gasteiger partial charge on any atom is 0.248 e. The molecule has 1 atom stereocenters. The van der Waals surface area contributed by atoms with E-state index in [1.165, 1.54) is 0 Å². The molecule has 0 aliphatic carbocycles. The van der Waals surface area contributed by atoms with Gasteiger partial charge >= 0.3 is 0 Å². The molecule has 2 bridgehead atoms. The number of hydrogen-bond acceptors (Lipinski definition) is 3. The van der Waals surface area contributed by atoms with Crippen LogP contribution in [-0.4, -0.2) is 41.1 Å². The molecule has 0 radical (unpaired) electrons. The fourth-order valence-electron chi connectivity index (χ4n) is 3.27. The van der Waals surface area contributed by atoms with E-state index in [9.17, 15) is 9.90 Å². The Kier molecular flexibility index (Phi) is 3.36. The lowest BCUT2D eigenvalue weighted by molar-refractivity contribution is -0.0775. The van der Waals surface area contributed by atoms with Gasteiger partial charge in [-0.2, -0.15) is 0 Å². The van der Waals surface area contributed by atoms with Crippen LogP contribution in [0, 0.1) is 5.92 Å². The average molecular weight is 272 g/mol. The van der Waals surface area contributed by atoms with E-state index in [4.69, 9.17) is 5.73 Å². The molecule has 4 nitrogen and oxygen atoms in total. The van der Waals surface area contributed by atoms with Gasteiger partial charge in [-0.25, -0.2) is 0 Å². The van der Waals surface area contributed by atoms with Crippen LogP contribution in [-0.2, 0) is 0 Å². The number of primary amides is 1. The van der Waals surface area contributed by atoms with Gasteiger partial charge in [-0.1, -0.05) is 24.3 Å². The fourth-order valence-corrected chi connectivity index (χ4v) is 3.27. The van der Waals surface area contributed by atoms with Crippen LogP contribution < -0.4 is 5.73 Å². The minimum absolute atomic E-state index is 0.369. The molecule has 0 saturated carbocycles. The Morgan fingerprint density at radius 3 is 2.45 bits per heavy atom. The molecule has 0 aromatic heterocycles. The molecule has 3 aliphatic heterocycles. The zero-order valence-corrected chi connectivity index (χ0v) is 11.5. The van der Waals surface area contributed by atoms with Gasteiger partial charge in [0, 0.05) is 12.1 Å². The zero-order valence-electron chi connectivity index (χ0n) is 11.5. The van der Waals surface area contributed by atoms with E-state index in [0.717, 1.165) is 38.0 Å². The highest BCUT2D eigenvalue weighted by Crippen LogP contribution is 2.36. The third-order valence-corrected chi connectivity index (χ3v) is 4.53. The summed E-state index contributed by atoms with van der Waals surface area (Å²) in [6.07, 6.45) is 6.00. The minimum Gasteiger partial charge on any atom is -0.384 e. The number of fused-ring (bicyclic) bond motifs is 3. The molecule has 3 N–H and O–H groups in total. The van der Waals surface area contributed by atoms with Crippen LogP contribution >= 0.6 is 0 Å². The van der Waals surface area contributed by atoms with Gasteiger partial charge in [-0.3, -0.25) is 4.79 Å². The monoisotopic (exact) mass is 272 g/mol. The van der Waals surface area contributed by atoms with E-state index < -0.39 is 11.5 Å². The molecule has 0 spiro atoms. The van der Waals surface area contributed by atoms with Crippen LogP contribution in [0.4, 0.5) is 0 Å². The molecular formula is C16H20N2O2. The molecule has 20 heavy (non-hydrogen) atoms. The van der Waals surface area contributed by atoms with Gasteiger partial charge in [0.25, 0.3) is 0 Å². The minimum atomic E-state index is -0.709. The smallest absolute Gasteiger partial charge is 0.248 e. The van der Waals surface area contributed by atoms with Crippen LogP contribution in [0.1, 0.15) is 28.8 Å². The van der Waals surface area contributed by atoms with Crippen molar-refractivity contribution in [2.24, 2.45) is 11.7 Å². The zero-order chi connectivity index (χ0) is 14.2. The van der Waals surface area contributed by atoms with Crippen LogP contribution in [0.3, 0.4) is 0 Å². The van der Waals surface area contributed by atoms with E-state index in [2.05, 4.69) is 4.90 Å². The number of benzene rings is 1. The van der Waals surface area contributed by atoms with Crippen LogP contribution in [0.25, 0.3) is 6.08 Å². The summed E-state index contributed by atoms with van der Waals surface area (Å²) in [5, 5.41) is 10.8. The normalized spacial score (nSPS) is 32.6. The largest absolute Gasteiger partial charge is 0.384 e. The maximum atomic E-state index is 11.0. The summed E-state index contributed by atoms with van der Waals surface area (Å²) in [4.78, 5) is 13.3. The molecule has 3 fully saturated rings. The van der Waals surface area contributed by atoms with Crippen LogP contribution in [0.15, 0.2) is 30.3 Å². The standard InChI is InChI=1S/C16H20N2O2/c17-15(19)13-3-1-12(2-4-13)5-8-16(20)11-18-9-6-14(16)7-10-18/h1-5,8,14,20H,6-7,9-11H2,(H2,17,19)/b8-5+. The molecule has 1 unspecified atom stereocenters. The third kappa shape index (κ3) is 2.49. The Morgan fingerprint density at radius 1 is 1.30 bits per heavy atom. The van der Waals surface area contributed by atoms with Crippen LogP contribution in [0.5, 0.6) is 0 Å². The second-order valence-corrected chi connectivity index (χ2v) is 5.86. The number of nitrogens with zero attached hydrogens (tertiary/aromatic N) is 1. The van der Waals surface area contributed by atoms with E-state index in [0.29, 0.717) is 11.5 Å². The molecule has 3 heterocycles. The first-order chi connectivity index (χ1) is 9.57. The Balaban J connectivity index is 1.75. The van der Waals surface area contributed by atoms with Crippen molar-refractivity contribution >= 4 is 12.0 Å². The van der Waals surface area contributed by atoms with E-state index >= 15 is 0 Å². The Bertz CT molecular complexity index is 530. The van der Waals surface area contributed by atoms with Gasteiger partial charge in [0.15, 0.2) is 0 Å². The summed E-state index contributed by atoms with van der Waals surface area (Å²) in [7, 11) is 0. The van der Waals surface area contributed by atoms with Crippen molar-refractivity contribution in [1.82, 2.24) is 4.90 Å². The SMILES string of the molecule is NC(=O)c1ccc(/C=C/C2(O)CN3CCC2CC3)cc1. The molecular weight excluding hydrogens is 252 g/mol. The molecule has 3 aliphatic rings. The highest BCUT2D eigenvalue weighted by molar-refractivity contribution is 5.92. The predicted molar refractivity (Wildman–Crippen MR) is 78.1 cm³/mol. The second-order valence-electron chi connectivity index (χ2n) is 5.86. The number of hydrogen-bond donors (Lipinski definition) is 2. The molecule has 1 amide bonds. The van der Waals surface area contributed by atoms with Gasteiger partial charge in [0.1, 0.15) is 0 Å². The lowest BCUT2D eigenvalue weighted by atomic mass is 9.75. The number of rotatable bonds is 3. The number of carbonyl (C=O) groups is 1. The molecule has 4 rings (SSSR count). The van der Waals surface area contributed by atoms with Crippen molar-refractivity contribution in [1.29, 1.82) is 0 Å². The number of amides is 1. The van der Waals surface area contributed by atoms with Crippen molar-refractivity contribution in [2.45, 2.75) is 18.4 Å². The maximum absolute atomic E-state index is 11.0. The quantitative estimate of drug-likeness (QED) is 0.870. The lowest BCUT2D eigenvalue weighted by Crippen LogP contribution is -2.58. The predicted octanol–water partition coefficient (Wildman–Crippen LogP) is 1.26. The first-order valence-electron chi connectivity index (χ1n) is 7.11. The Hall–Kier alpha value is -1.65. The highest BCUT2D eigenvalue weighted by atomic mass is 16.3. The first-order valence-corrected chi connectivity index (χ1v) is 7.11. The molecule has 4 heteroatoms. The number of carbonyl (C=O) groups excluding carboxylic acids is 1. The van der Waals surface area contributed by atoms with E-state index in [1.54, 1.807) is 12.1 Å². The summed E-state index contributed by atoms with van der Waals surface area (Å²) in [5.74, 6) is -0.0507. The van der Waals surface area contributed by atoms with Crippen molar-refractivity contribution in [2.75, 3.05) is 19.6 Å². The first kappa shape index (κ1) is 13.3. The summed E-state index contributed by atoms with van der Waals surface area (Å²) in [5.41, 5.74) is 5.98. The number of piperidine rings is 3. The van der Waals surface area contributed by atoms with Crippen molar-refractivity contribution < 1.29 is 9.90 Å². The third-order valence-electron chi connectivity index (χ3n) is 4.53. The van der Waals surface area contributed by atoms with Gasteiger partial charge < -0.3 is 15.7 Å². The van der Waals surface area contributed by atoms with Gasteiger partial charge in [0.05, 0.1) is 5.60 Å². The van der Waals surface area contributed by atoms with Crippen molar-refractivity contribution in [3.63, 3.8) is 0 Å². The lowest BCUT2D eigenvalue weighted by Gasteiger charge is -2.49.